The molecule has 68 valence electrons. The lowest BCUT2D eigenvalue weighted by atomic mass is 9.85. The molecule has 3 nitrogen and oxygen atoms in total. The van der Waals surface area contributed by atoms with Crippen LogP contribution in [0.25, 0.3) is 0 Å². The summed E-state index contributed by atoms with van der Waals surface area (Å²) < 4.78 is 0. The highest BCUT2D eigenvalue weighted by molar-refractivity contribution is 4.91. The van der Waals surface area contributed by atoms with Crippen molar-refractivity contribution in [3.05, 3.63) is 22.3 Å². The van der Waals surface area contributed by atoms with Crippen LogP contribution in [0, 0.1) is 16.0 Å². The fourth-order valence-corrected chi connectivity index (χ4v) is 1.87. The SMILES string of the molecule is C/C=C/C1CCCCC1[N+](=O)[O-]. The number of rotatable bonds is 2. The van der Waals surface area contributed by atoms with E-state index in [4.69, 9.17) is 0 Å². The fraction of sp³-hybridized carbons (Fsp3) is 0.778. The number of nitrogens with zero attached hydrogens (tertiary/aromatic N) is 1. The Balaban J connectivity index is 2.60. The molecule has 0 N–H and O–H groups in total. The molecule has 1 rings (SSSR count). The Morgan fingerprint density at radius 1 is 1.42 bits per heavy atom. The zero-order valence-corrected chi connectivity index (χ0v) is 7.40. The zero-order valence-electron chi connectivity index (χ0n) is 7.40. The van der Waals surface area contributed by atoms with Crippen molar-refractivity contribution in [2.45, 2.75) is 38.6 Å². The maximum Gasteiger partial charge on any atom is 0.219 e. The molecule has 0 aromatic rings. The summed E-state index contributed by atoms with van der Waals surface area (Å²) in [6, 6.07) is -0.324. The van der Waals surface area contributed by atoms with Crippen LogP contribution in [0.15, 0.2) is 12.2 Å². The Labute approximate surface area is 72.6 Å². The van der Waals surface area contributed by atoms with Gasteiger partial charge in [0.1, 0.15) is 0 Å². The lowest BCUT2D eigenvalue weighted by Crippen LogP contribution is -2.30. The number of hydrogen-bond donors (Lipinski definition) is 0. The van der Waals surface area contributed by atoms with E-state index in [9.17, 15) is 10.1 Å². The number of hydrogen-bond acceptors (Lipinski definition) is 2. The molecular weight excluding hydrogens is 154 g/mol. The highest BCUT2D eigenvalue weighted by atomic mass is 16.6. The summed E-state index contributed by atoms with van der Waals surface area (Å²) in [4.78, 5) is 10.5. The molecular formula is C9H15NO2. The van der Waals surface area contributed by atoms with Gasteiger partial charge < -0.3 is 0 Å². The predicted molar refractivity (Wildman–Crippen MR) is 47.6 cm³/mol. The lowest BCUT2D eigenvalue weighted by molar-refractivity contribution is -0.533. The molecule has 0 amide bonds. The summed E-state index contributed by atoms with van der Waals surface area (Å²) in [7, 11) is 0. The van der Waals surface area contributed by atoms with Crippen LogP contribution in [0.4, 0.5) is 0 Å². The largest absolute Gasteiger partial charge is 0.264 e. The van der Waals surface area contributed by atoms with E-state index < -0.39 is 0 Å². The maximum atomic E-state index is 10.6. The summed E-state index contributed by atoms with van der Waals surface area (Å²) in [5.74, 6) is 0.179. The van der Waals surface area contributed by atoms with Gasteiger partial charge in [0.25, 0.3) is 0 Å². The molecule has 0 saturated heterocycles. The third-order valence-electron chi connectivity index (χ3n) is 2.49. The average Bonchev–Trinajstić information content (AvgIpc) is 2.05. The van der Waals surface area contributed by atoms with Crippen LogP contribution in [0.3, 0.4) is 0 Å². The summed E-state index contributed by atoms with van der Waals surface area (Å²) in [5, 5.41) is 10.6. The minimum absolute atomic E-state index is 0.121. The van der Waals surface area contributed by atoms with Gasteiger partial charge in [-0.2, -0.15) is 0 Å². The van der Waals surface area contributed by atoms with Crippen molar-refractivity contribution in [1.82, 2.24) is 0 Å². The standard InChI is InChI=1S/C9H15NO2/c1-2-5-8-6-3-4-7-9(8)10(11)12/h2,5,8-9H,3-4,6-7H2,1H3/b5-2+. The van der Waals surface area contributed by atoms with E-state index in [0.717, 1.165) is 25.7 Å². The Hall–Kier alpha value is -0.860. The first kappa shape index (κ1) is 9.23. The monoisotopic (exact) mass is 169 g/mol. The highest BCUT2D eigenvalue weighted by Crippen LogP contribution is 2.27. The predicted octanol–water partition coefficient (Wildman–Crippen LogP) is 2.40. The van der Waals surface area contributed by atoms with Crippen molar-refractivity contribution in [3.8, 4) is 0 Å². The van der Waals surface area contributed by atoms with Crippen LogP contribution in [-0.4, -0.2) is 11.0 Å². The van der Waals surface area contributed by atoms with Crippen LogP contribution < -0.4 is 0 Å². The Kier molecular flexibility index (Phi) is 3.26. The number of nitro groups is 1. The van der Waals surface area contributed by atoms with Crippen molar-refractivity contribution in [3.63, 3.8) is 0 Å². The minimum atomic E-state index is -0.324. The molecule has 3 heteroatoms. The van der Waals surface area contributed by atoms with E-state index in [1.807, 2.05) is 19.1 Å². The second-order valence-electron chi connectivity index (χ2n) is 3.33. The lowest BCUT2D eigenvalue weighted by Gasteiger charge is -2.22. The van der Waals surface area contributed by atoms with Crippen LogP contribution in [-0.2, 0) is 0 Å². The maximum absolute atomic E-state index is 10.6. The third kappa shape index (κ3) is 2.06. The van der Waals surface area contributed by atoms with Crippen molar-refractivity contribution in [2.75, 3.05) is 0 Å². The number of allylic oxidation sites excluding steroid dienone is 1. The Morgan fingerprint density at radius 2 is 2.08 bits per heavy atom. The molecule has 0 aromatic carbocycles. The smallest absolute Gasteiger partial charge is 0.219 e. The minimum Gasteiger partial charge on any atom is -0.264 e. The molecule has 2 atom stereocenters. The Morgan fingerprint density at radius 3 is 2.67 bits per heavy atom. The van der Waals surface area contributed by atoms with Gasteiger partial charge in [-0.1, -0.05) is 18.6 Å². The molecule has 0 heterocycles. The molecule has 0 bridgehead atoms. The van der Waals surface area contributed by atoms with E-state index >= 15 is 0 Å². The topological polar surface area (TPSA) is 43.1 Å². The molecule has 0 aromatic heterocycles. The molecule has 2 unspecified atom stereocenters. The van der Waals surface area contributed by atoms with Gasteiger partial charge in [-0.25, -0.2) is 0 Å². The van der Waals surface area contributed by atoms with Gasteiger partial charge in [-0.3, -0.25) is 10.1 Å². The van der Waals surface area contributed by atoms with Gasteiger partial charge in [0.05, 0.1) is 0 Å². The van der Waals surface area contributed by atoms with E-state index in [2.05, 4.69) is 0 Å². The van der Waals surface area contributed by atoms with Crippen LogP contribution in [0.2, 0.25) is 0 Å². The van der Waals surface area contributed by atoms with E-state index in [-0.39, 0.29) is 16.9 Å². The second kappa shape index (κ2) is 4.24. The Bertz CT molecular complexity index is 189. The van der Waals surface area contributed by atoms with Gasteiger partial charge in [-0.05, 0) is 19.8 Å². The van der Waals surface area contributed by atoms with Crippen molar-refractivity contribution in [2.24, 2.45) is 5.92 Å². The van der Waals surface area contributed by atoms with Crippen LogP contribution in [0.1, 0.15) is 32.6 Å². The van der Waals surface area contributed by atoms with Gasteiger partial charge in [0, 0.05) is 17.3 Å². The van der Waals surface area contributed by atoms with E-state index in [1.165, 1.54) is 0 Å². The van der Waals surface area contributed by atoms with Gasteiger partial charge >= 0.3 is 0 Å². The summed E-state index contributed by atoms with van der Waals surface area (Å²) in [6.07, 6.45) is 7.79. The first-order chi connectivity index (χ1) is 5.75. The molecule has 1 aliphatic carbocycles. The van der Waals surface area contributed by atoms with Crippen LogP contribution in [0.5, 0.6) is 0 Å². The highest BCUT2D eigenvalue weighted by Gasteiger charge is 2.31. The molecule has 12 heavy (non-hydrogen) atoms. The van der Waals surface area contributed by atoms with Gasteiger partial charge in [0.2, 0.25) is 6.04 Å². The van der Waals surface area contributed by atoms with Gasteiger partial charge in [-0.15, -0.1) is 0 Å². The zero-order chi connectivity index (χ0) is 8.97. The normalized spacial score (nSPS) is 30.8. The first-order valence-corrected chi connectivity index (χ1v) is 4.52. The second-order valence-corrected chi connectivity index (χ2v) is 3.33. The fourth-order valence-electron chi connectivity index (χ4n) is 1.87. The molecule has 1 fully saturated rings. The van der Waals surface area contributed by atoms with Crippen molar-refractivity contribution >= 4 is 0 Å². The van der Waals surface area contributed by atoms with Gasteiger partial charge in [0.15, 0.2) is 0 Å². The average molecular weight is 169 g/mol. The summed E-state index contributed by atoms with van der Waals surface area (Å²) in [6.45, 7) is 1.92. The van der Waals surface area contributed by atoms with E-state index in [1.54, 1.807) is 0 Å². The molecule has 0 radical (unpaired) electrons. The molecule has 0 spiro atoms. The molecule has 0 aliphatic heterocycles. The third-order valence-corrected chi connectivity index (χ3v) is 2.49. The summed E-state index contributed by atoms with van der Waals surface area (Å²) >= 11 is 0. The van der Waals surface area contributed by atoms with Crippen molar-refractivity contribution in [1.29, 1.82) is 0 Å². The quantitative estimate of drug-likeness (QED) is 0.362. The van der Waals surface area contributed by atoms with E-state index in [0.29, 0.717) is 0 Å². The molecule has 1 saturated carbocycles. The summed E-state index contributed by atoms with van der Waals surface area (Å²) in [5.41, 5.74) is 0. The van der Waals surface area contributed by atoms with Crippen LogP contribution >= 0.6 is 0 Å². The van der Waals surface area contributed by atoms with Crippen molar-refractivity contribution < 1.29 is 4.92 Å². The molecule has 1 aliphatic rings. The first-order valence-electron chi connectivity index (χ1n) is 4.52.